The van der Waals surface area contributed by atoms with Crippen LogP contribution in [0.4, 0.5) is 10.5 Å². The third-order valence-corrected chi connectivity index (χ3v) is 4.74. The first-order valence-corrected chi connectivity index (χ1v) is 8.70. The Labute approximate surface area is 137 Å². The highest BCUT2D eigenvalue weighted by Crippen LogP contribution is 2.21. The number of carbonyl (C=O) groups excluding carboxylic acids is 2. The molecular weight excluding hydrogens is 290 g/mol. The molecule has 3 rings (SSSR count). The van der Waals surface area contributed by atoms with Gasteiger partial charge in [-0.05, 0) is 37.8 Å². The number of likely N-dealkylation sites (tertiary alicyclic amines) is 1. The van der Waals surface area contributed by atoms with Crippen LogP contribution >= 0.6 is 0 Å². The first-order valence-electron chi connectivity index (χ1n) is 8.70. The second kappa shape index (κ2) is 7.49. The average molecular weight is 315 g/mol. The van der Waals surface area contributed by atoms with E-state index in [0.717, 1.165) is 38.8 Å². The number of urea groups is 1. The fourth-order valence-electron chi connectivity index (χ4n) is 3.46. The second-order valence-electron chi connectivity index (χ2n) is 6.48. The summed E-state index contributed by atoms with van der Waals surface area (Å²) in [5, 5.41) is 5.89. The Morgan fingerprint density at radius 1 is 0.957 bits per heavy atom. The van der Waals surface area contributed by atoms with E-state index >= 15 is 0 Å². The van der Waals surface area contributed by atoms with Gasteiger partial charge in [0.15, 0.2) is 0 Å². The Morgan fingerprint density at radius 3 is 2.39 bits per heavy atom. The number of hydrogen-bond acceptors (Lipinski definition) is 2. The molecule has 2 aliphatic rings. The Hall–Kier alpha value is -2.04. The molecule has 5 nitrogen and oxygen atoms in total. The van der Waals surface area contributed by atoms with E-state index in [1.807, 2.05) is 17.0 Å². The van der Waals surface area contributed by atoms with E-state index in [2.05, 4.69) is 10.6 Å². The van der Waals surface area contributed by atoms with Gasteiger partial charge in [-0.2, -0.15) is 0 Å². The third kappa shape index (κ3) is 4.03. The third-order valence-electron chi connectivity index (χ3n) is 4.74. The number of nitrogens with zero attached hydrogens (tertiary/aromatic N) is 1. The van der Waals surface area contributed by atoms with E-state index in [4.69, 9.17) is 0 Å². The summed E-state index contributed by atoms with van der Waals surface area (Å²) in [6, 6.07) is 7.31. The zero-order valence-electron chi connectivity index (χ0n) is 13.5. The number of carbonyl (C=O) groups is 2. The number of anilines is 1. The molecule has 5 heteroatoms. The quantitative estimate of drug-likeness (QED) is 0.898. The highest BCUT2D eigenvalue weighted by Gasteiger charge is 2.22. The van der Waals surface area contributed by atoms with Gasteiger partial charge in [-0.1, -0.05) is 31.4 Å². The number of benzene rings is 1. The number of hydrogen-bond donors (Lipinski definition) is 2. The van der Waals surface area contributed by atoms with Crippen molar-refractivity contribution in [3.8, 4) is 0 Å². The first kappa shape index (κ1) is 15.8. The number of amides is 3. The van der Waals surface area contributed by atoms with Crippen molar-refractivity contribution >= 4 is 17.6 Å². The number of nitrogens with one attached hydrogen (secondary N) is 2. The Morgan fingerprint density at radius 2 is 1.65 bits per heavy atom. The summed E-state index contributed by atoms with van der Waals surface area (Å²) in [6.45, 7) is 1.61. The molecule has 2 N–H and O–H groups in total. The minimum Gasteiger partial charge on any atom is -0.339 e. The molecule has 0 unspecified atom stereocenters. The minimum absolute atomic E-state index is 0.0102. The van der Waals surface area contributed by atoms with Crippen molar-refractivity contribution in [3.05, 3.63) is 29.8 Å². The summed E-state index contributed by atoms with van der Waals surface area (Å²) in [5.74, 6) is 0.0102. The summed E-state index contributed by atoms with van der Waals surface area (Å²) >= 11 is 0. The van der Waals surface area contributed by atoms with Crippen LogP contribution in [-0.2, 0) is 0 Å². The van der Waals surface area contributed by atoms with Crippen LogP contribution in [-0.4, -0.2) is 36.0 Å². The summed E-state index contributed by atoms with van der Waals surface area (Å²) in [5.41, 5.74) is 1.17. The van der Waals surface area contributed by atoms with E-state index in [0.29, 0.717) is 11.3 Å². The normalized spacial score (nSPS) is 18.7. The maximum atomic E-state index is 12.6. The maximum Gasteiger partial charge on any atom is 0.319 e. The monoisotopic (exact) mass is 315 g/mol. The predicted molar refractivity (Wildman–Crippen MR) is 90.6 cm³/mol. The Bertz CT molecular complexity index is 561. The molecule has 3 amide bonds. The Kier molecular flexibility index (Phi) is 5.16. The molecule has 0 spiro atoms. The zero-order valence-corrected chi connectivity index (χ0v) is 13.5. The van der Waals surface area contributed by atoms with Crippen molar-refractivity contribution in [1.82, 2.24) is 10.2 Å². The van der Waals surface area contributed by atoms with Crippen molar-refractivity contribution in [2.75, 3.05) is 18.4 Å². The molecule has 1 heterocycles. The van der Waals surface area contributed by atoms with E-state index in [1.165, 1.54) is 19.3 Å². The highest BCUT2D eigenvalue weighted by atomic mass is 16.2. The van der Waals surface area contributed by atoms with Gasteiger partial charge in [0.25, 0.3) is 5.91 Å². The highest BCUT2D eigenvalue weighted by molar-refractivity contribution is 6.03. The van der Waals surface area contributed by atoms with Crippen LogP contribution < -0.4 is 10.6 Å². The molecule has 2 fully saturated rings. The molecule has 1 aromatic carbocycles. The molecular formula is C18H25N3O2. The molecule has 1 aliphatic heterocycles. The van der Waals surface area contributed by atoms with Crippen LogP contribution in [0.2, 0.25) is 0 Å². The van der Waals surface area contributed by atoms with Gasteiger partial charge in [0.1, 0.15) is 0 Å². The number of para-hydroxylation sites is 1. The minimum atomic E-state index is -0.210. The van der Waals surface area contributed by atoms with E-state index < -0.39 is 0 Å². The SMILES string of the molecule is O=C(Nc1ccccc1C(=O)N1CCCC1)NC1CCCCC1. The average Bonchev–Trinajstić information content (AvgIpc) is 3.10. The molecule has 0 atom stereocenters. The molecule has 124 valence electrons. The fourth-order valence-corrected chi connectivity index (χ4v) is 3.46. The van der Waals surface area contributed by atoms with Crippen molar-refractivity contribution in [2.45, 2.75) is 51.0 Å². The topological polar surface area (TPSA) is 61.4 Å². The maximum absolute atomic E-state index is 12.6. The van der Waals surface area contributed by atoms with E-state index in [-0.39, 0.29) is 18.0 Å². The largest absolute Gasteiger partial charge is 0.339 e. The fraction of sp³-hybridized carbons (Fsp3) is 0.556. The smallest absolute Gasteiger partial charge is 0.319 e. The first-order chi connectivity index (χ1) is 11.2. The molecule has 1 saturated heterocycles. The van der Waals surface area contributed by atoms with Crippen LogP contribution in [0, 0.1) is 0 Å². The van der Waals surface area contributed by atoms with Gasteiger partial charge in [0, 0.05) is 19.1 Å². The van der Waals surface area contributed by atoms with Crippen molar-refractivity contribution in [1.29, 1.82) is 0 Å². The molecule has 1 saturated carbocycles. The van der Waals surface area contributed by atoms with Crippen molar-refractivity contribution in [3.63, 3.8) is 0 Å². The summed E-state index contributed by atoms with van der Waals surface area (Å²) < 4.78 is 0. The Balaban J connectivity index is 1.65. The molecule has 1 aliphatic carbocycles. The lowest BCUT2D eigenvalue weighted by Crippen LogP contribution is -2.39. The van der Waals surface area contributed by atoms with Crippen LogP contribution in [0.5, 0.6) is 0 Å². The molecule has 23 heavy (non-hydrogen) atoms. The van der Waals surface area contributed by atoms with Gasteiger partial charge in [0.05, 0.1) is 11.3 Å². The summed E-state index contributed by atoms with van der Waals surface area (Å²) in [4.78, 5) is 26.7. The van der Waals surface area contributed by atoms with Gasteiger partial charge >= 0.3 is 6.03 Å². The van der Waals surface area contributed by atoms with Gasteiger partial charge in [-0.15, -0.1) is 0 Å². The van der Waals surface area contributed by atoms with Crippen molar-refractivity contribution < 1.29 is 9.59 Å². The lowest BCUT2D eigenvalue weighted by atomic mass is 9.96. The van der Waals surface area contributed by atoms with Crippen LogP contribution in [0.25, 0.3) is 0 Å². The van der Waals surface area contributed by atoms with Gasteiger partial charge < -0.3 is 15.5 Å². The van der Waals surface area contributed by atoms with Crippen LogP contribution in [0.15, 0.2) is 24.3 Å². The second-order valence-corrected chi connectivity index (χ2v) is 6.48. The van der Waals surface area contributed by atoms with Gasteiger partial charge in [-0.3, -0.25) is 4.79 Å². The van der Waals surface area contributed by atoms with E-state index in [1.54, 1.807) is 12.1 Å². The molecule has 1 aromatic rings. The summed E-state index contributed by atoms with van der Waals surface area (Å²) in [6.07, 6.45) is 7.81. The lowest BCUT2D eigenvalue weighted by molar-refractivity contribution is 0.0794. The predicted octanol–water partition coefficient (Wildman–Crippen LogP) is 3.38. The van der Waals surface area contributed by atoms with E-state index in [9.17, 15) is 9.59 Å². The molecule has 0 aromatic heterocycles. The molecule has 0 bridgehead atoms. The van der Waals surface area contributed by atoms with Crippen LogP contribution in [0.3, 0.4) is 0 Å². The van der Waals surface area contributed by atoms with Gasteiger partial charge in [0.2, 0.25) is 0 Å². The zero-order chi connectivity index (χ0) is 16.1. The summed E-state index contributed by atoms with van der Waals surface area (Å²) in [7, 11) is 0. The van der Waals surface area contributed by atoms with Crippen LogP contribution in [0.1, 0.15) is 55.3 Å². The standard InChI is InChI=1S/C18H25N3O2/c22-17(21-12-6-7-13-21)15-10-4-5-11-16(15)20-18(23)19-14-8-2-1-3-9-14/h4-5,10-11,14H,1-3,6-9,12-13H2,(H2,19,20,23). The number of rotatable bonds is 3. The van der Waals surface area contributed by atoms with Gasteiger partial charge in [-0.25, -0.2) is 4.79 Å². The van der Waals surface area contributed by atoms with Crippen molar-refractivity contribution in [2.24, 2.45) is 0 Å². The lowest BCUT2D eigenvalue weighted by Gasteiger charge is -2.23. The molecule has 0 radical (unpaired) electrons.